The van der Waals surface area contributed by atoms with Crippen LogP contribution in [0.3, 0.4) is 0 Å². The molecule has 1 spiro atoms. The Morgan fingerprint density at radius 3 is 2.00 bits per heavy atom. The van der Waals surface area contributed by atoms with E-state index in [0.29, 0.717) is 0 Å². The van der Waals surface area contributed by atoms with Gasteiger partial charge in [-0.05, 0) is 31.3 Å². The molecule has 0 radical (unpaired) electrons. The van der Waals surface area contributed by atoms with E-state index in [1.807, 2.05) is 0 Å². The first-order valence-electron chi connectivity index (χ1n) is 4.21. The van der Waals surface area contributed by atoms with Gasteiger partial charge in [-0.1, -0.05) is 0 Å². The van der Waals surface area contributed by atoms with Gasteiger partial charge in [0.05, 0.1) is 0 Å². The molecule has 1 aliphatic carbocycles. The lowest BCUT2D eigenvalue weighted by atomic mass is 9.61. The average Bonchev–Trinajstić information content (AvgIpc) is 1.85. The van der Waals surface area contributed by atoms with E-state index in [1.54, 1.807) is 0 Å². The smallest absolute Gasteiger partial charge is 0.249 e. The van der Waals surface area contributed by atoms with Crippen molar-refractivity contribution in [1.82, 2.24) is 5.32 Å². The maximum absolute atomic E-state index is 12.5. The minimum atomic E-state index is -2.34. The fraction of sp³-hybridized carbons (Fsp3) is 1.00. The van der Waals surface area contributed by atoms with E-state index in [0.717, 1.165) is 25.9 Å². The van der Waals surface area contributed by atoms with Crippen LogP contribution in [0.4, 0.5) is 8.78 Å². The van der Waals surface area contributed by atoms with Crippen LogP contribution in [0.15, 0.2) is 0 Å². The lowest BCUT2D eigenvalue weighted by Gasteiger charge is -2.49. The molecule has 2 rings (SSSR count). The normalized spacial score (nSPS) is 33.3. The van der Waals surface area contributed by atoms with Gasteiger partial charge in [0, 0.05) is 12.8 Å². The summed E-state index contributed by atoms with van der Waals surface area (Å²) in [4.78, 5) is 0. The van der Waals surface area contributed by atoms with Crippen molar-refractivity contribution in [2.45, 2.75) is 31.6 Å². The molecule has 0 unspecified atom stereocenters. The summed E-state index contributed by atoms with van der Waals surface area (Å²) in [5.41, 5.74) is 0.0226. The summed E-state index contributed by atoms with van der Waals surface area (Å²) in [6.07, 6.45) is 2.18. The van der Waals surface area contributed by atoms with Gasteiger partial charge in [0.2, 0.25) is 5.92 Å². The number of rotatable bonds is 0. The molecule has 11 heavy (non-hydrogen) atoms. The molecule has 1 heterocycles. The van der Waals surface area contributed by atoms with Crippen molar-refractivity contribution in [2.75, 3.05) is 13.1 Å². The fourth-order valence-corrected chi connectivity index (χ4v) is 2.36. The second-order valence-corrected chi connectivity index (χ2v) is 3.96. The van der Waals surface area contributed by atoms with Gasteiger partial charge in [-0.3, -0.25) is 0 Å². The third-order valence-electron chi connectivity index (χ3n) is 2.93. The maximum atomic E-state index is 12.5. The van der Waals surface area contributed by atoms with Crippen LogP contribution in [0.2, 0.25) is 0 Å². The zero-order chi connectivity index (χ0) is 7.95. The molecule has 1 aliphatic heterocycles. The number of hydrogen-bond donors (Lipinski definition) is 1. The molecule has 1 nitrogen and oxygen atoms in total. The molecule has 2 aliphatic rings. The van der Waals surface area contributed by atoms with Crippen molar-refractivity contribution in [3.05, 3.63) is 0 Å². The van der Waals surface area contributed by atoms with Gasteiger partial charge in [-0.15, -0.1) is 0 Å². The lowest BCUT2D eigenvalue weighted by Crippen LogP contribution is -2.51. The van der Waals surface area contributed by atoms with E-state index in [2.05, 4.69) is 5.32 Å². The Morgan fingerprint density at radius 2 is 1.55 bits per heavy atom. The van der Waals surface area contributed by atoms with Gasteiger partial charge in [0.25, 0.3) is 0 Å². The highest BCUT2D eigenvalue weighted by Gasteiger charge is 2.55. The molecule has 0 atom stereocenters. The molecular weight excluding hydrogens is 148 g/mol. The second-order valence-electron chi connectivity index (χ2n) is 3.96. The van der Waals surface area contributed by atoms with Crippen LogP contribution >= 0.6 is 0 Å². The summed E-state index contributed by atoms with van der Waals surface area (Å²) < 4.78 is 25.1. The van der Waals surface area contributed by atoms with Crippen LogP contribution in [0.25, 0.3) is 0 Å². The zero-order valence-corrected chi connectivity index (χ0v) is 6.50. The Labute approximate surface area is 65.2 Å². The monoisotopic (exact) mass is 161 g/mol. The van der Waals surface area contributed by atoms with Gasteiger partial charge in [-0.2, -0.15) is 0 Å². The molecule has 1 saturated carbocycles. The topological polar surface area (TPSA) is 12.0 Å². The largest absolute Gasteiger partial charge is 0.317 e. The van der Waals surface area contributed by atoms with Crippen LogP contribution in [0.1, 0.15) is 25.7 Å². The highest BCUT2D eigenvalue weighted by atomic mass is 19.3. The fourth-order valence-electron chi connectivity index (χ4n) is 2.36. The highest BCUT2D eigenvalue weighted by Crippen LogP contribution is 2.56. The summed E-state index contributed by atoms with van der Waals surface area (Å²) in [6, 6.07) is 0. The first-order valence-corrected chi connectivity index (χ1v) is 4.21. The maximum Gasteiger partial charge on any atom is 0.249 e. The van der Waals surface area contributed by atoms with Crippen LogP contribution < -0.4 is 5.32 Å². The number of nitrogens with one attached hydrogen (secondary N) is 1. The predicted octanol–water partition coefficient (Wildman–Crippen LogP) is 1.79. The van der Waals surface area contributed by atoms with E-state index in [-0.39, 0.29) is 18.3 Å². The Hall–Kier alpha value is -0.180. The van der Waals surface area contributed by atoms with E-state index >= 15 is 0 Å². The van der Waals surface area contributed by atoms with Gasteiger partial charge in [0.1, 0.15) is 0 Å². The minimum Gasteiger partial charge on any atom is -0.317 e. The van der Waals surface area contributed by atoms with Crippen LogP contribution in [0, 0.1) is 5.41 Å². The van der Waals surface area contributed by atoms with Crippen molar-refractivity contribution >= 4 is 0 Å². The van der Waals surface area contributed by atoms with Crippen LogP contribution in [-0.4, -0.2) is 19.0 Å². The van der Waals surface area contributed by atoms with Gasteiger partial charge < -0.3 is 5.32 Å². The summed E-state index contributed by atoms with van der Waals surface area (Å²) in [5, 5.41) is 3.19. The first kappa shape index (κ1) is 7.47. The van der Waals surface area contributed by atoms with E-state index in [4.69, 9.17) is 0 Å². The molecule has 0 aromatic carbocycles. The molecular formula is C8H13F2N. The summed E-state index contributed by atoms with van der Waals surface area (Å²) in [6.45, 7) is 1.85. The van der Waals surface area contributed by atoms with E-state index < -0.39 is 5.92 Å². The molecule has 0 bridgehead atoms. The van der Waals surface area contributed by atoms with Crippen molar-refractivity contribution in [3.63, 3.8) is 0 Å². The SMILES string of the molecule is FC1(F)CC2(CCNCC2)C1. The molecule has 64 valence electrons. The first-order chi connectivity index (χ1) is 5.12. The Kier molecular flexibility index (Phi) is 1.46. The quantitative estimate of drug-likeness (QED) is 0.571. The van der Waals surface area contributed by atoms with Crippen molar-refractivity contribution in [1.29, 1.82) is 0 Å². The molecule has 2 fully saturated rings. The second kappa shape index (κ2) is 2.16. The number of piperidine rings is 1. The van der Waals surface area contributed by atoms with E-state index in [9.17, 15) is 8.78 Å². The van der Waals surface area contributed by atoms with Crippen molar-refractivity contribution in [2.24, 2.45) is 5.41 Å². The lowest BCUT2D eigenvalue weighted by molar-refractivity contribution is -0.170. The Balaban J connectivity index is 1.94. The molecule has 0 amide bonds. The molecule has 0 aromatic rings. The Bertz CT molecular complexity index is 151. The van der Waals surface area contributed by atoms with Crippen LogP contribution in [-0.2, 0) is 0 Å². The third-order valence-corrected chi connectivity index (χ3v) is 2.93. The minimum absolute atomic E-state index is 0.0226. The standard InChI is InChI=1S/C8H13F2N/c9-8(10)5-7(6-8)1-3-11-4-2-7/h11H,1-6H2. The Morgan fingerprint density at radius 1 is 1.00 bits per heavy atom. The summed E-state index contributed by atoms with van der Waals surface area (Å²) >= 11 is 0. The average molecular weight is 161 g/mol. The van der Waals surface area contributed by atoms with E-state index in [1.165, 1.54) is 0 Å². The molecule has 1 N–H and O–H groups in total. The highest BCUT2D eigenvalue weighted by molar-refractivity contribution is 5.00. The number of halogens is 2. The predicted molar refractivity (Wildman–Crippen MR) is 38.7 cm³/mol. The third kappa shape index (κ3) is 1.26. The molecule has 0 aromatic heterocycles. The number of hydrogen-bond acceptors (Lipinski definition) is 1. The van der Waals surface area contributed by atoms with Crippen LogP contribution in [0.5, 0.6) is 0 Å². The summed E-state index contributed by atoms with van der Waals surface area (Å²) in [7, 11) is 0. The molecule has 3 heteroatoms. The van der Waals surface area contributed by atoms with Gasteiger partial charge in [0.15, 0.2) is 0 Å². The molecule has 1 saturated heterocycles. The zero-order valence-electron chi connectivity index (χ0n) is 6.50. The van der Waals surface area contributed by atoms with Crippen molar-refractivity contribution in [3.8, 4) is 0 Å². The van der Waals surface area contributed by atoms with Crippen molar-refractivity contribution < 1.29 is 8.78 Å². The number of alkyl halides is 2. The van der Waals surface area contributed by atoms with Gasteiger partial charge in [-0.25, -0.2) is 8.78 Å². The van der Waals surface area contributed by atoms with Gasteiger partial charge >= 0.3 is 0 Å². The summed E-state index contributed by atoms with van der Waals surface area (Å²) in [5.74, 6) is -2.34.